The molecule has 0 aliphatic rings. The molecule has 0 saturated heterocycles. The van der Waals surface area contributed by atoms with E-state index >= 15 is 0 Å². The molecule has 1 aromatic heterocycles. The zero-order valence-corrected chi connectivity index (χ0v) is 13.6. The van der Waals surface area contributed by atoms with E-state index in [1.54, 1.807) is 6.07 Å². The Hall–Kier alpha value is -1.61. The summed E-state index contributed by atoms with van der Waals surface area (Å²) in [7, 11) is 0. The lowest BCUT2D eigenvalue weighted by Gasteiger charge is -2.16. The smallest absolute Gasteiger partial charge is 0.163 e. The molecule has 4 heteroatoms. The number of rotatable bonds is 6. The first kappa shape index (κ1) is 15.8. The van der Waals surface area contributed by atoms with Crippen molar-refractivity contribution in [3.05, 3.63) is 41.6 Å². The molecule has 0 aliphatic carbocycles. The number of hydrogen-bond acceptors (Lipinski definition) is 3. The average molecular weight is 304 g/mol. The normalized spacial score (nSPS) is 12.4. The Labute approximate surface area is 131 Å². The van der Waals surface area contributed by atoms with Crippen LogP contribution in [0.1, 0.15) is 33.6 Å². The summed E-state index contributed by atoms with van der Waals surface area (Å²) in [5, 5.41) is 3.87. The van der Waals surface area contributed by atoms with Crippen LogP contribution in [0.25, 0.3) is 11.4 Å². The minimum Gasteiger partial charge on any atom is -0.367 e. The molecule has 3 nitrogen and oxygen atoms in total. The lowest BCUT2D eigenvalue weighted by atomic mass is 10.0. The van der Waals surface area contributed by atoms with Crippen molar-refractivity contribution in [2.24, 2.45) is 5.92 Å². The predicted octanol–water partition coefficient (Wildman–Crippen LogP) is 5.03. The van der Waals surface area contributed by atoms with Gasteiger partial charge >= 0.3 is 0 Å². The topological polar surface area (TPSA) is 37.8 Å². The molecule has 0 fully saturated rings. The highest BCUT2D eigenvalue weighted by atomic mass is 35.5. The molecule has 0 amide bonds. The van der Waals surface area contributed by atoms with E-state index < -0.39 is 0 Å². The fourth-order valence-corrected chi connectivity index (χ4v) is 2.30. The highest BCUT2D eigenvalue weighted by molar-refractivity contribution is 6.29. The summed E-state index contributed by atoms with van der Waals surface area (Å²) in [6, 6.07) is 12.0. The molecule has 0 saturated carbocycles. The number of aromatic nitrogens is 2. The predicted molar refractivity (Wildman–Crippen MR) is 89.6 cm³/mol. The molecule has 1 heterocycles. The first-order chi connectivity index (χ1) is 10.0. The van der Waals surface area contributed by atoms with Crippen LogP contribution in [0.4, 0.5) is 5.82 Å². The van der Waals surface area contributed by atoms with Gasteiger partial charge in [-0.1, -0.05) is 55.8 Å². The Morgan fingerprint density at radius 2 is 1.76 bits per heavy atom. The highest BCUT2D eigenvalue weighted by Crippen LogP contribution is 2.21. The zero-order chi connectivity index (χ0) is 15.2. The monoisotopic (exact) mass is 303 g/mol. The van der Waals surface area contributed by atoms with Gasteiger partial charge < -0.3 is 5.32 Å². The molecule has 1 atom stereocenters. The van der Waals surface area contributed by atoms with Crippen molar-refractivity contribution >= 4 is 17.4 Å². The Bertz CT molecular complexity index is 570. The molecule has 0 radical (unpaired) electrons. The van der Waals surface area contributed by atoms with Gasteiger partial charge in [0, 0.05) is 17.7 Å². The van der Waals surface area contributed by atoms with Gasteiger partial charge in [0.25, 0.3) is 0 Å². The van der Waals surface area contributed by atoms with Crippen molar-refractivity contribution in [2.45, 2.75) is 39.7 Å². The third-order valence-corrected chi connectivity index (χ3v) is 3.49. The maximum atomic E-state index is 6.12. The van der Waals surface area contributed by atoms with Gasteiger partial charge in [-0.05, 0) is 25.7 Å². The quantitative estimate of drug-likeness (QED) is 0.760. The number of nitrogens with zero attached hydrogens (tertiary/aromatic N) is 2. The van der Waals surface area contributed by atoms with E-state index in [-0.39, 0.29) is 0 Å². The highest BCUT2D eigenvalue weighted by Gasteiger charge is 2.09. The third kappa shape index (κ3) is 5.01. The van der Waals surface area contributed by atoms with Crippen LogP contribution in [0.15, 0.2) is 36.4 Å². The van der Waals surface area contributed by atoms with Gasteiger partial charge in [0.1, 0.15) is 11.0 Å². The van der Waals surface area contributed by atoms with E-state index in [1.807, 2.05) is 30.3 Å². The molecular weight excluding hydrogens is 282 g/mol. The second-order valence-corrected chi connectivity index (χ2v) is 6.17. The molecule has 0 bridgehead atoms. The fraction of sp³-hybridized carbons (Fsp3) is 0.412. The third-order valence-electron chi connectivity index (χ3n) is 3.30. The molecule has 1 unspecified atom stereocenters. The molecule has 0 spiro atoms. The minimum absolute atomic E-state index is 0.363. The van der Waals surface area contributed by atoms with Crippen molar-refractivity contribution in [2.75, 3.05) is 5.32 Å². The number of benzene rings is 1. The molecule has 2 aromatic rings. The Kier molecular flexibility index (Phi) is 5.57. The van der Waals surface area contributed by atoms with Crippen molar-refractivity contribution in [3.8, 4) is 11.4 Å². The summed E-state index contributed by atoms with van der Waals surface area (Å²) < 4.78 is 0. The van der Waals surface area contributed by atoms with Crippen molar-refractivity contribution in [1.29, 1.82) is 0 Å². The molecule has 2 rings (SSSR count). The summed E-state index contributed by atoms with van der Waals surface area (Å²) in [5.74, 6) is 2.15. The van der Waals surface area contributed by atoms with Crippen LogP contribution >= 0.6 is 11.6 Å². The van der Waals surface area contributed by atoms with E-state index in [9.17, 15) is 0 Å². The van der Waals surface area contributed by atoms with Gasteiger partial charge in [0.05, 0.1) is 0 Å². The van der Waals surface area contributed by atoms with Gasteiger partial charge in [0.15, 0.2) is 5.82 Å². The van der Waals surface area contributed by atoms with Crippen LogP contribution in [0.3, 0.4) is 0 Å². The lowest BCUT2D eigenvalue weighted by Crippen LogP contribution is -2.17. The van der Waals surface area contributed by atoms with E-state index in [1.165, 1.54) is 6.42 Å². The Morgan fingerprint density at radius 1 is 1.05 bits per heavy atom. The lowest BCUT2D eigenvalue weighted by molar-refractivity contribution is 0.527. The Balaban J connectivity index is 2.12. The van der Waals surface area contributed by atoms with Gasteiger partial charge in [-0.3, -0.25) is 0 Å². The second kappa shape index (κ2) is 7.41. The molecular formula is C17H22ClN3. The van der Waals surface area contributed by atoms with Crippen molar-refractivity contribution in [1.82, 2.24) is 9.97 Å². The van der Waals surface area contributed by atoms with E-state index in [2.05, 4.69) is 36.1 Å². The number of nitrogens with one attached hydrogen (secondary N) is 1. The van der Waals surface area contributed by atoms with Gasteiger partial charge in [-0.15, -0.1) is 0 Å². The van der Waals surface area contributed by atoms with E-state index in [0.717, 1.165) is 17.8 Å². The fourth-order valence-electron chi connectivity index (χ4n) is 2.12. The largest absolute Gasteiger partial charge is 0.367 e. The van der Waals surface area contributed by atoms with Gasteiger partial charge in [-0.2, -0.15) is 0 Å². The van der Waals surface area contributed by atoms with Gasteiger partial charge in [0.2, 0.25) is 0 Å². The van der Waals surface area contributed by atoms with Crippen LogP contribution in [0, 0.1) is 5.92 Å². The molecule has 112 valence electrons. The number of anilines is 1. The molecule has 21 heavy (non-hydrogen) atoms. The number of hydrogen-bond donors (Lipinski definition) is 1. The average Bonchev–Trinajstić information content (AvgIpc) is 2.45. The van der Waals surface area contributed by atoms with Gasteiger partial charge in [-0.25, -0.2) is 9.97 Å². The molecule has 1 N–H and O–H groups in total. The van der Waals surface area contributed by atoms with E-state index in [0.29, 0.717) is 22.9 Å². The standard InChI is InChI=1S/C17H22ClN3/c1-12(2)9-10-13(3)19-16-11-15(18)20-17(21-16)14-7-5-4-6-8-14/h4-8,11-13H,9-10H2,1-3H3,(H,19,20,21). The first-order valence-corrected chi connectivity index (χ1v) is 7.79. The summed E-state index contributed by atoms with van der Waals surface area (Å²) >= 11 is 6.12. The maximum Gasteiger partial charge on any atom is 0.163 e. The number of halogens is 1. The summed E-state index contributed by atoms with van der Waals surface area (Å²) in [6.45, 7) is 6.64. The van der Waals surface area contributed by atoms with E-state index in [4.69, 9.17) is 11.6 Å². The van der Waals surface area contributed by atoms with Crippen LogP contribution in [-0.2, 0) is 0 Å². The maximum absolute atomic E-state index is 6.12. The van der Waals surface area contributed by atoms with Crippen LogP contribution in [0.5, 0.6) is 0 Å². The van der Waals surface area contributed by atoms with Crippen molar-refractivity contribution < 1.29 is 0 Å². The molecule has 0 aliphatic heterocycles. The summed E-state index contributed by atoms with van der Waals surface area (Å²) in [4.78, 5) is 8.86. The van der Waals surface area contributed by atoms with Crippen LogP contribution < -0.4 is 5.32 Å². The van der Waals surface area contributed by atoms with Crippen molar-refractivity contribution in [3.63, 3.8) is 0 Å². The van der Waals surface area contributed by atoms with Crippen LogP contribution in [-0.4, -0.2) is 16.0 Å². The molecule has 1 aromatic carbocycles. The zero-order valence-electron chi connectivity index (χ0n) is 12.8. The van der Waals surface area contributed by atoms with Crippen LogP contribution in [0.2, 0.25) is 5.15 Å². The summed E-state index contributed by atoms with van der Waals surface area (Å²) in [6.07, 6.45) is 2.30. The SMILES string of the molecule is CC(C)CCC(C)Nc1cc(Cl)nc(-c2ccccc2)n1. The minimum atomic E-state index is 0.363. The summed E-state index contributed by atoms with van der Waals surface area (Å²) in [5.41, 5.74) is 0.970. The second-order valence-electron chi connectivity index (χ2n) is 5.78. The first-order valence-electron chi connectivity index (χ1n) is 7.41. The Morgan fingerprint density at radius 3 is 2.43 bits per heavy atom.